The largest absolute Gasteiger partial charge is 0.365 e. The highest BCUT2D eigenvalue weighted by molar-refractivity contribution is 5.35. The molecule has 2 rings (SSSR count). The highest BCUT2D eigenvalue weighted by Gasteiger charge is 2.10. The molecule has 0 unspecified atom stereocenters. The minimum Gasteiger partial charge on any atom is -0.365 e. The van der Waals surface area contributed by atoms with E-state index in [9.17, 15) is 0 Å². The summed E-state index contributed by atoms with van der Waals surface area (Å²) >= 11 is 0. The van der Waals surface area contributed by atoms with Gasteiger partial charge in [0, 0.05) is 6.04 Å². The summed E-state index contributed by atoms with van der Waals surface area (Å²) in [5, 5.41) is 3.37. The summed E-state index contributed by atoms with van der Waals surface area (Å²) in [6.45, 7) is 3.96. The van der Waals surface area contributed by atoms with Crippen molar-refractivity contribution in [3.05, 3.63) is 29.7 Å². The van der Waals surface area contributed by atoms with E-state index in [1.165, 1.54) is 0 Å². The standard InChI is InChI=1S/C11H15N3/c1-8-9(2)13-11(7-12-8)14-10-5-3-4-6-10/h3-4,7,10H,5-6H2,1-2H3,(H,13,14). The minimum atomic E-state index is 0.506. The van der Waals surface area contributed by atoms with Gasteiger partial charge in [0.15, 0.2) is 0 Å². The molecule has 0 aromatic carbocycles. The van der Waals surface area contributed by atoms with Crippen LogP contribution >= 0.6 is 0 Å². The molecule has 0 saturated heterocycles. The molecule has 74 valence electrons. The van der Waals surface area contributed by atoms with E-state index in [-0.39, 0.29) is 0 Å². The van der Waals surface area contributed by atoms with Crippen molar-refractivity contribution in [2.24, 2.45) is 0 Å². The van der Waals surface area contributed by atoms with Gasteiger partial charge in [-0.2, -0.15) is 0 Å². The maximum atomic E-state index is 4.43. The molecule has 1 aliphatic carbocycles. The molecule has 0 saturated carbocycles. The predicted octanol–water partition coefficient (Wildman–Crippen LogP) is 2.22. The van der Waals surface area contributed by atoms with Crippen LogP contribution in [0.3, 0.4) is 0 Å². The molecule has 3 heteroatoms. The molecule has 0 bridgehead atoms. The maximum Gasteiger partial charge on any atom is 0.145 e. The molecule has 1 aliphatic rings. The van der Waals surface area contributed by atoms with Gasteiger partial charge in [-0.1, -0.05) is 12.2 Å². The summed E-state index contributed by atoms with van der Waals surface area (Å²) in [4.78, 5) is 8.71. The summed E-state index contributed by atoms with van der Waals surface area (Å²) in [5.41, 5.74) is 2.00. The molecule has 0 fully saturated rings. The van der Waals surface area contributed by atoms with Crippen molar-refractivity contribution in [2.75, 3.05) is 5.32 Å². The Morgan fingerprint density at radius 2 is 1.93 bits per heavy atom. The summed E-state index contributed by atoms with van der Waals surface area (Å²) in [6.07, 6.45) is 8.39. The molecule has 0 aliphatic heterocycles. The first-order valence-electron chi connectivity index (χ1n) is 4.97. The van der Waals surface area contributed by atoms with Crippen molar-refractivity contribution < 1.29 is 0 Å². The molecule has 1 N–H and O–H groups in total. The average molecular weight is 189 g/mol. The van der Waals surface area contributed by atoms with Crippen LogP contribution in [0, 0.1) is 13.8 Å². The Labute approximate surface area is 84.3 Å². The highest BCUT2D eigenvalue weighted by atomic mass is 15.0. The zero-order chi connectivity index (χ0) is 9.97. The molecule has 14 heavy (non-hydrogen) atoms. The van der Waals surface area contributed by atoms with Crippen molar-refractivity contribution >= 4 is 5.82 Å². The lowest BCUT2D eigenvalue weighted by atomic mass is 10.2. The van der Waals surface area contributed by atoms with Gasteiger partial charge in [-0.15, -0.1) is 0 Å². The third-order valence-corrected chi connectivity index (χ3v) is 2.55. The second-order valence-electron chi connectivity index (χ2n) is 3.71. The van der Waals surface area contributed by atoms with Gasteiger partial charge in [0.2, 0.25) is 0 Å². The molecular formula is C11H15N3. The number of rotatable bonds is 2. The number of hydrogen-bond acceptors (Lipinski definition) is 3. The fourth-order valence-corrected chi connectivity index (χ4v) is 1.56. The van der Waals surface area contributed by atoms with Crippen molar-refractivity contribution in [1.29, 1.82) is 0 Å². The van der Waals surface area contributed by atoms with E-state index in [0.29, 0.717) is 6.04 Å². The van der Waals surface area contributed by atoms with Gasteiger partial charge in [0.25, 0.3) is 0 Å². The van der Waals surface area contributed by atoms with Crippen LogP contribution in [-0.2, 0) is 0 Å². The first-order chi connectivity index (χ1) is 6.75. The van der Waals surface area contributed by atoms with Crippen LogP contribution in [0.15, 0.2) is 18.3 Å². The van der Waals surface area contributed by atoms with Gasteiger partial charge in [0.1, 0.15) is 5.82 Å². The Morgan fingerprint density at radius 3 is 2.57 bits per heavy atom. The number of aryl methyl sites for hydroxylation is 2. The lowest BCUT2D eigenvalue weighted by Gasteiger charge is -2.12. The lowest BCUT2D eigenvalue weighted by molar-refractivity contribution is 0.777. The zero-order valence-corrected chi connectivity index (χ0v) is 8.62. The molecule has 0 radical (unpaired) electrons. The van der Waals surface area contributed by atoms with Crippen molar-refractivity contribution in [2.45, 2.75) is 32.7 Å². The highest BCUT2D eigenvalue weighted by Crippen LogP contribution is 2.15. The van der Waals surface area contributed by atoms with Crippen LogP contribution < -0.4 is 5.32 Å². The lowest BCUT2D eigenvalue weighted by Crippen LogP contribution is -2.16. The summed E-state index contributed by atoms with van der Waals surface area (Å²) in [6, 6.07) is 0.506. The number of nitrogens with one attached hydrogen (secondary N) is 1. The van der Waals surface area contributed by atoms with Crippen LogP contribution in [0.25, 0.3) is 0 Å². The van der Waals surface area contributed by atoms with Gasteiger partial charge >= 0.3 is 0 Å². The second kappa shape index (κ2) is 3.78. The van der Waals surface area contributed by atoms with Crippen LogP contribution in [0.2, 0.25) is 0 Å². The van der Waals surface area contributed by atoms with Crippen molar-refractivity contribution in [1.82, 2.24) is 9.97 Å². The van der Waals surface area contributed by atoms with Gasteiger partial charge in [-0.05, 0) is 26.7 Å². The number of anilines is 1. The first-order valence-corrected chi connectivity index (χ1v) is 4.97. The Hall–Kier alpha value is -1.38. The second-order valence-corrected chi connectivity index (χ2v) is 3.71. The smallest absolute Gasteiger partial charge is 0.145 e. The first kappa shape index (κ1) is 9.19. The van der Waals surface area contributed by atoms with E-state index in [0.717, 1.165) is 30.0 Å². The van der Waals surface area contributed by atoms with Gasteiger partial charge in [-0.25, -0.2) is 4.98 Å². The summed E-state index contributed by atoms with van der Waals surface area (Å²) < 4.78 is 0. The fourth-order valence-electron chi connectivity index (χ4n) is 1.56. The molecule has 3 nitrogen and oxygen atoms in total. The Kier molecular flexibility index (Phi) is 2.48. The van der Waals surface area contributed by atoms with Crippen molar-refractivity contribution in [3.8, 4) is 0 Å². The fraction of sp³-hybridized carbons (Fsp3) is 0.455. The van der Waals surface area contributed by atoms with E-state index in [1.807, 2.05) is 13.8 Å². The van der Waals surface area contributed by atoms with Gasteiger partial charge in [-0.3, -0.25) is 4.98 Å². The van der Waals surface area contributed by atoms with Crippen molar-refractivity contribution in [3.63, 3.8) is 0 Å². The van der Waals surface area contributed by atoms with E-state index in [4.69, 9.17) is 0 Å². The molecule has 1 heterocycles. The van der Waals surface area contributed by atoms with Crippen LogP contribution in [0.4, 0.5) is 5.82 Å². The van der Waals surface area contributed by atoms with E-state index in [1.54, 1.807) is 6.20 Å². The third-order valence-electron chi connectivity index (χ3n) is 2.55. The summed E-state index contributed by atoms with van der Waals surface area (Å²) in [7, 11) is 0. The monoisotopic (exact) mass is 189 g/mol. The van der Waals surface area contributed by atoms with Gasteiger partial charge < -0.3 is 5.32 Å². The number of aromatic nitrogens is 2. The third kappa shape index (κ3) is 1.92. The molecular weight excluding hydrogens is 174 g/mol. The molecule has 0 amide bonds. The Balaban J connectivity index is 2.06. The molecule has 1 aromatic heterocycles. The van der Waals surface area contributed by atoms with Crippen LogP contribution in [0.1, 0.15) is 24.2 Å². The van der Waals surface area contributed by atoms with Gasteiger partial charge in [0.05, 0.1) is 17.6 Å². The van der Waals surface area contributed by atoms with E-state index < -0.39 is 0 Å². The Morgan fingerprint density at radius 1 is 1.21 bits per heavy atom. The Bertz CT molecular complexity index is 350. The summed E-state index contributed by atoms with van der Waals surface area (Å²) in [5.74, 6) is 0.891. The molecule has 0 spiro atoms. The number of hydrogen-bond donors (Lipinski definition) is 1. The molecule has 0 atom stereocenters. The van der Waals surface area contributed by atoms with E-state index in [2.05, 4.69) is 27.4 Å². The predicted molar refractivity (Wildman–Crippen MR) is 57.3 cm³/mol. The van der Waals surface area contributed by atoms with Crippen LogP contribution in [0.5, 0.6) is 0 Å². The molecule has 1 aromatic rings. The normalized spacial score (nSPS) is 16.1. The topological polar surface area (TPSA) is 37.8 Å². The minimum absolute atomic E-state index is 0.506. The van der Waals surface area contributed by atoms with Crippen LogP contribution in [-0.4, -0.2) is 16.0 Å². The zero-order valence-electron chi connectivity index (χ0n) is 8.62. The van der Waals surface area contributed by atoms with E-state index >= 15 is 0 Å². The average Bonchev–Trinajstić information content (AvgIpc) is 2.64. The SMILES string of the molecule is Cc1ncc(NC2CC=CC2)nc1C. The quantitative estimate of drug-likeness (QED) is 0.725. The number of nitrogens with zero attached hydrogens (tertiary/aromatic N) is 2. The maximum absolute atomic E-state index is 4.43.